The summed E-state index contributed by atoms with van der Waals surface area (Å²) < 4.78 is 5.93. The fourth-order valence-corrected chi connectivity index (χ4v) is 1.37. The van der Waals surface area contributed by atoms with Crippen molar-refractivity contribution in [3.05, 3.63) is 45.2 Å². The Morgan fingerprint density at radius 3 is 2.92 bits per heavy atom. The van der Waals surface area contributed by atoms with E-state index in [9.17, 15) is 4.79 Å². The second-order valence-electron chi connectivity index (χ2n) is 2.35. The summed E-state index contributed by atoms with van der Waals surface area (Å²) in [6, 6.07) is 7.75. The zero-order valence-electron chi connectivity index (χ0n) is 6.58. The van der Waals surface area contributed by atoms with Crippen molar-refractivity contribution >= 4 is 26.9 Å². The van der Waals surface area contributed by atoms with E-state index < -0.39 is 0 Å². The van der Waals surface area contributed by atoms with Crippen molar-refractivity contribution in [2.24, 2.45) is 0 Å². The van der Waals surface area contributed by atoms with Crippen molar-refractivity contribution in [1.29, 1.82) is 0 Å². The van der Waals surface area contributed by atoms with Gasteiger partial charge in [-0.05, 0) is 12.1 Å². The first kappa shape index (κ1) is 11.1. The third kappa shape index (κ3) is 2.27. The van der Waals surface area contributed by atoms with Crippen molar-refractivity contribution in [1.82, 2.24) is 0 Å². The summed E-state index contributed by atoms with van der Waals surface area (Å²) >= 11 is 3.27. The number of fused-ring (bicyclic) bond motifs is 1. The van der Waals surface area contributed by atoms with Crippen LogP contribution in [0.1, 0.15) is 0 Å². The molecule has 0 fully saturated rings. The molecule has 1 radical (unpaired) electrons. The summed E-state index contributed by atoms with van der Waals surface area (Å²) in [5, 5.41) is 0.548. The zero-order chi connectivity index (χ0) is 8.55. The van der Waals surface area contributed by atoms with Crippen LogP contribution in [0, 0.1) is 6.07 Å². The molecule has 1 heterocycles. The molecule has 0 atom stereocenters. The summed E-state index contributed by atoms with van der Waals surface area (Å²) in [6.45, 7) is 0. The van der Waals surface area contributed by atoms with Crippen molar-refractivity contribution < 1.29 is 37.1 Å². The Bertz CT molecular complexity index is 478. The second-order valence-corrected chi connectivity index (χ2v) is 3.27. The van der Waals surface area contributed by atoms with E-state index in [0.29, 0.717) is 11.0 Å². The van der Waals surface area contributed by atoms with Crippen LogP contribution in [0.5, 0.6) is 0 Å². The summed E-state index contributed by atoms with van der Waals surface area (Å²) in [4.78, 5) is 11.2. The molecule has 13 heavy (non-hydrogen) atoms. The van der Waals surface area contributed by atoms with Gasteiger partial charge in [0.05, 0.1) is 5.58 Å². The van der Waals surface area contributed by atoms with Crippen LogP contribution in [-0.4, -0.2) is 0 Å². The monoisotopic (exact) mass is 312 g/mol. The van der Waals surface area contributed by atoms with Crippen molar-refractivity contribution in [3.63, 3.8) is 0 Å². The van der Waals surface area contributed by atoms with E-state index in [1.807, 2.05) is 6.07 Å². The van der Waals surface area contributed by atoms with Gasteiger partial charge in [-0.1, -0.05) is 21.3 Å². The topological polar surface area (TPSA) is 30.2 Å². The molecule has 0 saturated heterocycles. The van der Waals surface area contributed by atoms with Gasteiger partial charge in [0.2, 0.25) is 0 Å². The Morgan fingerprint density at radius 1 is 1.38 bits per heavy atom. The molecular weight excluding hydrogens is 309 g/mol. The Morgan fingerprint density at radius 2 is 2.15 bits per heavy atom. The average Bonchev–Trinajstić information content (AvgIpc) is 2.07. The Kier molecular flexibility index (Phi) is 3.83. The number of halogens is 1. The molecule has 1 aromatic carbocycles. The maximum absolute atomic E-state index is 11.2. The Hall–Kier alpha value is 0.0139. The number of rotatable bonds is 0. The minimum atomic E-state index is -0.141. The third-order valence-corrected chi connectivity index (χ3v) is 2.06. The molecular formula is C9H4BrO2Y-. The van der Waals surface area contributed by atoms with Gasteiger partial charge in [0.25, 0.3) is 0 Å². The molecule has 0 unspecified atom stereocenters. The molecule has 1 aromatic heterocycles. The minimum absolute atomic E-state index is 0. The van der Waals surface area contributed by atoms with Gasteiger partial charge < -0.3 is 9.21 Å². The number of benzene rings is 1. The van der Waals surface area contributed by atoms with E-state index in [2.05, 4.69) is 22.0 Å². The first-order valence-electron chi connectivity index (χ1n) is 3.36. The molecule has 0 bridgehead atoms. The smallest absolute Gasteiger partial charge is 0.0547 e. The van der Waals surface area contributed by atoms with Gasteiger partial charge in [-0.25, -0.2) is 0 Å². The van der Waals surface area contributed by atoms with Gasteiger partial charge in [-0.3, -0.25) is 0 Å². The van der Waals surface area contributed by atoms with Gasteiger partial charge in [0, 0.05) is 48.9 Å². The van der Waals surface area contributed by atoms with Crippen molar-refractivity contribution in [2.75, 3.05) is 0 Å². The molecule has 0 aliphatic carbocycles. The van der Waals surface area contributed by atoms with Gasteiger partial charge in [-0.15, -0.1) is 6.07 Å². The average molecular weight is 313 g/mol. The van der Waals surface area contributed by atoms with Crippen LogP contribution in [0.2, 0.25) is 0 Å². The van der Waals surface area contributed by atoms with Crippen LogP contribution < -0.4 is 5.43 Å². The fraction of sp³-hybridized carbons (Fsp3) is 0. The predicted octanol–water partition coefficient (Wildman–Crippen LogP) is 2.35. The molecule has 2 aromatic rings. The molecule has 0 amide bonds. The largest absolute Gasteiger partial charge is 0.503 e. The zero-order valence-corrected chi connectivity index (χ0v) is 11.0. The number of hydrogen-bond acceptors (Lipinski definition) is 2. The maximum Gasteiger partial charge on any atom is 0.0547 e. The SMILES string of the molecule is O=c1[c-]coc2ccc(Br)cc12.[Y]. The maximum atomic E-state index is 11.2. The molecule has 0 saturated carbocycles. The fourth-order valence-electron chi connectivity index (χ4n) is 1.01. The van der Waals surface area contributed by atoms with Crippen molar-refractivity contribution in [2.45, 2.75) is 0 Å². The van der Waals surface area contributed by atoms with Crippen LogP contribution >= 0.6 is 15.9 Å². The van der Waals surface area contributed by atoms with E-state index in [4.69, 9.17) is 4.42 Å². The Balaban J connectivity index is 0.000000845. The van der Waals surface area contributed by atoms with E-state index in [1.165, 1.54) is 6.26 Å². The van der Waals surface area contributed by atoms with Crippen molar-refractivity contribution in [3.8, 4) is 0 Å². The van der Waals surface area contributed by atoms with E-state index in [1.54, 1.807) is 12.1 Å². The van der Waals surface area contributed by atoms with Crippen LogP contribution in [0.3, 0.4) is 0 Å². The molecule has 0 aliphatic heterocycles. The molecule has 0 N–H and O–H groups in total. The van der Waals surface area contributed by atoms with Gasteiger partial charge in [0.1, 0.15) is 0 Å². The standard InChI is InChI=1S/C9H4BrO2.Y/c10-6-1-2-9-7(5-6)8(11)3-4-12-9;/h1-2,4-5H;/q-1;. The van der Waals surface area contributed by atoms with E-state index >= 15 is 0 Å². The predicted molar refractivity (Wildman–Crippen MR) is 49.0 cm³/mol. The van der Waals surface area contributed by atoms with Crippen LogP contribution in [0.15, 0.2) is 38.1 Å². The quantitative estimate of drug-likeness (QED) is 0.699. The van der Waals surface area contributed by atoms with Gasteiger partial charge >= 0.3 is 0 Å². The minimum Gasteiger partial charge on any atom is -0.503 e. The van der Waals surface area contributed by atoms with Gasteiger partial charge in [-0.2, -0.15) is 6.07 Å². The molecule has 4 heteroatoms. The Labute approximate surface area is 108 Å². The van der Waals surface area contributed by atoms with Crippen LogP contribution in [-0.2, 0) is 32.7 Å². The summed E-state index contributed by atoms with van der Waals surface area (Å²) in [5.41, 5.74) is 0.444. The molecule has 2 nitrogen and oxygen atoms in total. The van der Waals surface area contributed by atoms with Gasteiger partial charge in [0.15, 0.2) is 0 Å². The van der Waals surface area contributed by atoms with Crippen LogP contribution in [0.4, 0.5) is 0 Å². The number of hydrogen-bond donors (Lipinski definition) is 0. The summed E-state index contributed by atoms with van der Waals surface area (Å²) in [7, 11) is 0. The normalized spacial score (nSPS) is 9.62. The molecule has 0 spiro atoms. The third-order valence-electron chi connectivity index (χ3n) is 1.56. The summed E-state index contributed by atoms with van der Waals surface area (Å²) in [6.07, 6.45) is 1.28. The summed E-state index contributed by atoms with van der Waals surface area (Å²) in [5.74, 6) is 0. The van der Waals surface area contributed by atoms with E-state index in [-0.39, 0.29) is 38.1 Å². The molecule has 0 aliphatic rings. The van der Waals surface area contributed by atoms with Crippen LogP contribution in [0.25, 0.3) is 11.0 Å². The van der Waals surface area contributed by atoms with E-state index in [0.717, 1.165) is 4.47 Å². The molecule has 63 valence electrons. The second kappa shape index (κ2) is 4.49. The molecule has 2 rings (SSSR count). The first-order valence-corrected chi connectivity index (χ1v) is 4.15. The first-order chi connectivity index (χ1) is 5.77.